The van der Waals surface area contributed by atoms with E-state index in [0.717, 1.165) is 41.8 Å². The van der Waals surface area contributed by atoms with Gasteiger partial charge in [-0.2, -0.15) is 5.56 Å². The molecule has 2 aromatic carbocycles. The third-order valence-electron chi connectivity index (χ3n) is 4.13. The molecule has 0 aliphatic carbocycles. The maximum absolute atomic E-state index is 12.5. The van der Waals surface area contributed by atoms with Gasteiger partial charge in [-0.05, 0) is 6.42 Å². The number of hydrazine groups is 1. The molecule has 1 amide bonds. The minimum absolute atomic E-state index is 0. The van der Waals surface area contributed by atoms with E-state index in [-0.39, 0.29) is 59.7 Å². The zero-order chi connectivity index (χ0) is 19.5. The van der Waals surface area contributed by atoms with Crippen LogP contribution in [0.4, 0.5) is 0 Å². The first-order valence-corrected chi connectivity index (χ1v) is 9.65. The number of nitrogens with zero attached hydrogens (tertiary/aromatic N) is 2. The van der Waals surface area contributed by atoms with Gasteiger partial charge in [-0.1, -0.05) is 45.9 Å². The topological polar surface area (TPSA) is 23.6 Å². The van der Waals surface area contributed by atoms with Gasteiger partial charge in [-0.15, -0.1) is 19.1 Å². The van der Waals surface area contributed by atoms with E-state index < -0.39 is 0 Å². The standard InChI is InChI=1S/C19H20N2O.2C2H6.W.Y/c1-15-9-10-17(16-7-4-3-5-8-16)13-18(15)14-19(22)21-12-6-11-20(21)2;2*1-2;;/h3-5,7-9H,6,11-12,14H2,1-2H3;2*1-2H3;;/q-2;;;;. The van der Waals surface area contributed by atoms with E-state index in [0.29, 0.717) is 6.42 Å². The molecule has 0 N–H and O–H groups in total. The number of rotatable bonds is 3. The molecule has 3 rings (SSSR count). The summed E-state index contributed by atoms with van der Waals surface area (Å²) in [7, 11) is 1.97. The van der Waals surface area contributed by atoms with Crippen molar-refractivity contribution in [3.05, 3.63) is 59.7 Å². The predicted octanol–water partition coefficient (Wildman–Crippen LogP) is 4.93. The Kier molecular flexibility index (Phi) is 17.6. The Bertz CT molecular complexity index is 680. The summed E-state index contributed by atoms with van der Waals surface area (Å²) in [6, 6.07) is 18.7. The molecule has 3 nitrogen and oxygen atoms in total. The number of carbonyl (C=O) groups is 1. The Morgan fingerprint density at radius 3 is 2.21 bits per heavy atom. The minimum Gasteiger partial charge on any atom is -0.286 e. The van der Waals surface area contributed by atoms with Crippen LogP contribution in [0.3, 0.4) is 0 Å². The van der Waals surface area contributed by atoms with Crippen molar-refractivity contribution >= 4 is 5.91 Å². The molecule has 0 aromatic heterocycles. The number of hydrogen-bond donors (Lipinski definition) is 0. The van der Waals surface area contributed by atoms with Gasteiger partial charge in [-0.25, -0.2) is 22.2 Å². The number of aryl methyl sites for hydroxylation is 1. The molecular weight excluding hydrogens is 593 g/mol. The van der Waals surface area contributed by atoms with E-state index >= 15 is 0 Å². The first-order valence-electron chi connectivity index (χ1n) is 9.65. The van der Waals surface area contributed by atoms with Crippen molar-refractivity contribution < 1.29 is 58.6 Å². The summed E-state index contributed by atoms with van der Waals surface area (Å²) in [5.41, 5.74) is 4.02. The van der Waals surface area contributed by atoms with Crippen LogP contribution in [0, 0.1) is 19.1 Å². The maximum Gasteiger partial charge on any atom is 0.238 e. The predicted molar refractivity (Wildman–Crippen MR) is 110 cm³/mol. The molecule has 0 unspecified atom stereocenters. The summed E-state index contributed by atoms with van der Waals surface area (Å²) < 4.78 is 0. The van der Waals surface area contributed by atoms with E-state index in [1.54, 1.807) is 0 Å². The molecule has 1 saturated heterocycles. The summed E-state index contributed by atoms with van der Waals surface area (Å²) in [5, 5.41) is 3.84. The number of benzene rings is 2. The Labute approximate surface area is 211 Å². The largest absolute Gasteiger partial charge is 0.286 e. The molecule has 0 saturated carbocycles. The van der Waals surface area contributed by atoms with Gasteiger partial charge in [0.1, 0.15) is 0 Å². The molecule has 0 spiro atoms. The van der Waals surface area contributed by atoms with E-state index in [4.69, 9.17) is 0 Å². The fraction of sp³-hybridized carbons (Fsp3) is 0.435. The SMILES string of the molecule is CC.CC.Cc1c[c-]c(-c2ccccc2)[c-]c1CC(=O)N1CCCN1C.[W].[Y]. The van der Waals surface area contributed by atoms with Crippen LogP contribution < -0.4 is 0 Å². The van der Waals surface area contributed by atoms with Gasteiger partial charge in [0, 0.05) is 80.3 Å². The van der Waals surface area contributed by atoms with Gasteiger partial charge >= 0.3 is 0 Å². The number of amides is 1. The van der Waals surface area contributed by atoms with Crippen molar-refractivity contribution in [1.82, 2.24) is 10.0 Å². The average molecular weight is 625 g/mol. The first kappa shape index (κ1) is 29.9. The fourth-order valence-electron chi connectivity index (χ4n) is 2.80. The van der Waals surface area contributed by atoms with Crippen molar-refractivity contribution in [3.8, 4) is 11.1 Å². The Hall–Kier alpha value is -0.338. The molecular formula is C23H32N2OWY-2. The Morgan fingerprint density at radius 1 is 1.07 bits per heavy atom. The zero-order valence-corrected chi connectivity index (χ0v) is 23.9. The molecule has 5 heteroatoms. The Balaban J connectivity index is 0. The average Bonchev–Trinajstić information content (AvgIpc) is 3.13. The minimum atomic E-state index is 0. The van der Waals surface area contributed by atoms with Gasteiger partial charge in [0.2, 0.25) is 5.91 Å². The monoisotopic (exact) mass is 625 g/mol. The summed E-state index contributed by atoms with van der Waals surface area (Å²) in [5.74, 6) is 0.143. The van der Waals surface area contributed by atoms with Gasteiger partial charge in [0.05, 0.1) is 0 Å². The van der Waals surface area contributed by atoms with E-state index in [1.807, 2.05) is 88.1 Å². The van der Waals surface area contributed by atoms with Gasteiger partial charge in [0.25, 0.3) is 0 Å². The van der Waals surface area contributed by atoms with E-state index in [2.05, 4.69) is 12.1 Å². The van der Waals surface area contributed by atoms with Crippen LogP contribution in [0.1, 0.15) is 45.2 Å². The zero-order valence-electron chi connectivity index (χ0n) is 18.1. The molecule has 1 aliphatic heterocycles. The third-order valence-corrected chi connectivity index (χ3v) is 4.13. The van der Waals surface area contributed by atoms with E-state index in [1.165, 1.54) is 0 Å². The number of hydrogen-bond acceptors (Lipinski definition) is 2. The van der Waals surface area contributed by atoms with E-state index in [9.17, 15) is 4.79 Å². The van der Waals surface area contributed by atoms with Crippen LogP contribution in [-0.4, -0.2) is 36.1 Å². The smallest absolute Gasteiger partial charge is 0.238 e. The van der Waals surface area contributed by atoms with Crippen molar-refractivity contribution in [1.29, 1.82) is 0 Å². The molecule has 28 heavy (non-hydrogen) atoms. The molecule has 151 valence electrons. The normalized spacial score (nSPS) is 12.4. The second-order valence-electron chi connectivity index (χ2n) is 5.74. The van der Waals surface area contributed by atoms with Crippen molar-refractivity contribution in [2.45, 2.75) is 47.5 Å². The number of carbonyl (C=O) groups excluding carboxylic acids is 1. The van der Waals surface area contributed by atoms with Crippen LogP contribution in [0.15, 0.2) is 36.4 Å². The van der Waals surface area contributed by atoms with Gasteiger partial charge < -0.3 is 0 Å². The van der Waals surface area contributed by atoms with Crippen LogP contribution >= 0.6 is 0 Å². The molecule has 0 atom stereocenters. The second-order valence-corrected chi connectivity index (χ2v) is 5.74. The summed E-state index contributed by atoms with van der Waals surface area (Å²) >= 11 is 0. The van der Waals surface area contributed by atoms with Crippen LogP contribution in [0.2, 0.25) is 0 Å². The quantitative estimate of drug-likeness (QED) is 0.452. The molecule has 0 bridgehead atoms. The third kappa shape index (κ3) is 8.58. The van der Waals surface area contributed by atoms with Crippen LogP contribution in [-0.2, 0) is 65.0 Å². The molecule has 1 fully saturated rings. The van der Waals surface area contributed by atoms with Crippen LogP contribution in [0.25, 0.3) is 11.1 Å². The maximum atomic E-state index is 12.5. The Morgan fingerprint density at radius 2 is 1.68 bits per heavy atom. The fourth-order valence-corrected chi connectivity index (χ4v) is 2.80. The summed E-state index contributed by atoms with van der Waals surface area (Å²) in [6.45, 7) is 11.8. The van der Waals surface area contributed by atoms with Crippen molar-refractivity contribution in [3.63, 3.8) is 0 Å². The molecule has 1 aliphatic rings. The first-order chi connectivity index (χ1) is 12.6. The molecule has 1 heterocycles. The summed E-state index contributed by atoms with van der Waals surface area (Å²) in [4.78, 5) is 12.5. The summed E-state index contributed by atoms with van der Waals surface area (Å²) in [6.07, 6.45) is 1.44. The van der Waals surface area contributed by atoms with Gasteiger partial charge in [-0.3, -0.25) is 27.5 Å². The van der Waals surface area contributed by atoms with Crippen LogP contribution in [0.5, 0.6) is 0 Å². The molecule has 1 radical (unpaired) electrons. The second kappa shape index (κ2) is 16.5. The van der Waals surface area contributed by atoms with Gasteiger partial charge in [0.15, 0.2) is 0 Å². The van der Waals surface area contributed by atoms with Crippen molar-refractivity contribution in [2.24, 2.45) is 0 Å². The van der Waals surface area contributed by atoms with Crippen molar-refractivity contribution in [2.75, 3.05) is 20.1 Å². The molecule has 2 aromatic rings.